The van der Waals surface area contributed by atoms with E-state index in [0.29, 0.717) is 0 Å². The van der Waals surface area contributed by atoms with Gasteiger partial charge < -0.3 is 11.3 Å². The Bertz CT molecular complexity index is 398. The third-order valence-corrected chi connectivity index (χ3v) is 5.28. The molecule has 0 aromatic heterocycles. The Balaban J connectivity index is -0.000000260. The van der Waals surface area contributed by atoms with Gasteiger partial charge in [0.05, 0.1) is 0 Å². The van der Waals surface area contributed by atoms with Gasteiger partial charge in [-0.3, -0.25) is 9.11 Å². The summed E-state index contributed by atoms with van der Waals surface area (Å²) in [6, 6.07) is 0. The predicted octanol–water partition coefficient (Wildman–Crippen LogP) is 5.31. The maximum absolute atomic E-state index is 8.74. The smallest absolute Gasteiger partial charge is 1.00 e. The van der Waals surface area contributed by atoms with Crippen LogP contribution in [0.4, 0.5) is 0 Å². The average molecular weight is 523 g/mol. The first kappa shape index (κ1) is 41.9. The van der Waals surface area contributed by atoms with Gasteiger partial charge in [0.25, 0.3) is 0 Å². The van der Waals surface area contributed by atoms with E-state index in [1.165, 1.54) is 128 Å². The second kappa shape index (κ2) is 38.3. The minimum absolute atomic E-state index is 0. The van der Waals surface area contributed by atoms with E-state index in [4.69, 9.17) is 27.4 Å². The number of hydrogen-bond acceptors (Lipinski definition) is 4. The van der Waals surface area contributed by atoms with Crippen LogP contribution in [0.25, 0.3) is 0 Å². The molecule has 0 amide bonds. The third kappa shape index (κ3) is 63.8. The van der Waals surface area contributed by atoms with Crippen molar-refractivity contribution < 1.29 is 58.4 Å². The SMILES string of the molecule is CCCCCCCCCCCCOCCCCCCCCCCCC.CCO.O=S(=O)(O)O.[H-].[Na+]. The zero-order valence-corrected chi connectivity index (χ0v) is 26.1. The van der Waals surface area contributed by atoms with Crippen LogP contribution in [-0.4, -0.2) is 42.5 Å². The van der Waals surface area contributed by atoms with Crippen LogP contribution in [0.5, 0.6) is 0 Å². The molecule has 0 bridgehead atoms. The van der Waals surface area contributed by atoms with E-state index in [1.807, 2.05) is 0 Å². The number of aliphatic hydroxyl groups is 1. The Hall–Kier alpha value is 0.790. The first-order valence-corrected chi connectivity index (χ1v) is 15.1. The molecular weight excluding hydrogens is 463 g/mol. The summed E-state index contributed by atoms with van der Waals surface area (Å²) in [6.07, 6.45) is 28.2. The van der Waals surface area contributed by atoms with E-state index in [-0.39, 0.29) is 37.6 Å². The van der Waals surface area contributed by atoms with E-state index in [0.717, 1.165) is 13.2 Å². The van der Waals surface area contributed by atoms with E-state index in [9.17, 15) is 0 Å². The standard InChI is InChI=1S/C24H50O.C2H6O.Na.H2O4S.H/c1-3-5-7-9-11-13-15-17-19-21-23-25-24-22-20-18-16-14-12-10-8-6-4-2;1-2-3;;1-5(2,3)4;/h3-24H2,1-2H3;3H,2H2,1H3;;(H2,1,2,3,4);/q;;+1;;-1. The van der Waals surface area contributed by atoms with Crippen LogP contribution in [-0.2, 0) is 15.1 Å². The second-order valence-corrected chi connectivity index (χ2v) is 9.64. The van der Waals surface area contributed by atoms with Crippen LogP contribution >= 0.6 is 0 Å². The second-order valence-electron chi connectivity index (χ2n) is 8.74. The van der Waals surface area contributed by atoms with E-state index in [1.54, 1.807) is 6.92 Å². The molecule has 0 heterocycles. The molecule has 0 aromatic carbocycles. The molecule has 8 heteroatoms. The van der Waals surface area contributed by atoms with Gasteiger partial charge in [0.15, 0.2) is 0 Å². The summed E-state index contributed by atoms with van der Waals surface area (Å²) in [5.41, 5.74) is 0. The van der Waals surface area contributed by atoms with E-state index in [2.05, 4.69) is 13.8 Å². The molecule has 34 heavy (non-hydrogen) atoms. The van der Waals surface area contributed by atoms with Gasteiger partial charge in [0.1, 0.15) is 0 Å². The molecule has 0 radical (unpaired) electrons. The maximum Gasteiger partial charge on any atom is 1.00 e. The van der Waals surface area contributed by atoms with Crippen molar-refractivity contribution in [3.05, 3.63) is 0 Å². The van der Waals surface area contributed by atoms with Gasteiger partial charge in [-0.2, -0.15) is 8.42 Å². The summed E-state index contributed by atoms with van der Waals surface area (Å²) in [5, 5.41) is 7.57. The molecule has 0 atom stereocenters. The summed E-state index contributed by atoms with van der Waals surface area (Å²) in [7, 11) is -4.67. The zero-order valence-electron chi connectivity index (χ0n) is 24.2. The molecule has 6 nitrogen and oxygen atoms in total. The van der Waals surface area contributed by atoms with Crippen molar-refractivity contribution in [1.82, 2.24) is 0 Å². The van der Waals surface area contributed by atoms with Crippen molar-refractivity contribution in [3.63, 3.8) is 0 Å². The summed E-state index contributed by atoms with van der Waals surface area (Å²) in [4.78, 5) is 0. The Morgan fingerprint density at radius 1 is 0.529 bits per heavy atom. The van der Waals surface area contributed by atoms with Gasteiger partial charge in [-0.25, -0.2) is 0 Å². The minimum Gasteiger partial charge on any atom is -1.00 e. The van der Waals surface area contributed by atoms with Crippen LogP contribution in [0.15, 0.2) is 0 Å². The Morgan fingerprint density at radius 2 is 0.706 bits per heavy atom. The number of unbranched alkanes of at least 4 members (excludes halogenated alkanes) is 18. The first-order chi connectivity index (χ1) is 15.8. The van der Waals surface area contributed by atoms with Crippen molar-refractivity contribution in [2.75, 3.05) is 19.8 Å². The quantitative estimate of drug-likeness (QED) is 0.101. The molecule has 0 aliphatic heterocycles. The van der Waals surface area contributed by atoms with Gasteiger partial charge in [-0.15, -0.1) is 0 Å². The molecule has 0 unspecified atom stereocenters. The van der Waals surface area contributed by atoms with Crippen molar-refractivity contribution in [1.29, 1.82) is 0 Å². The molecule has 0 rings (SSSR count). The fourth-order valence-corrected chi connectivity index (χ4v) is 3.49. The summed E-state index contributed by atoms with van der Waals surface area (Å²) >= 11 is 0. The molecular formula is C26H59NaO6S. The fourth-order valence-electron chi connectivity index (χ4n) is 3.49. The van der Waals surface area contributed by atoms with E-state index < -0.39 is 10.4 Å². The third-order valence-electron chi connectivity index (χ3n) is 5.28. The van der Waals surface area contributed by atoms with Gasteiger partial charge in [-0.1, -0.05) is 129 Å². The molecule has 206 valence electrons. The Morgan fingerprint density at radius 3 is 0.912 bits per heavy atom. The zero-order chi connectivity index (χ0) is 25.5. The molecule has 0 fully saturated rings. The molecule has 3 N–H and O–H groups in total. The van der Waals surface area contributed by atoms with Crippen LogP contribution in [0, 0.1) is 0 Å². The van der Waals surface area contributed by atoms with Gasteiger partial charge in [0.2, 0.25) is 0 Å². The number of hydrogen-bond donors (Lipinski definition) is 3. The molecule has 0 aliphatic carbocycles. The largest absolute Gasteiger partial charge is 1.00 e. The summed E-state index contributed by atoms with van der Waals surface area (Å²) < 4.78 is 37.4. The number of ether oxygens (including phenoxy) is 1. The molecule has 0 saturated heterocycles. The minimum atomic E-state index is -4.67. The number of aliphatic hydroxyl groups excluding tert-OH is 1. The van der Waals surface area contributed by atoms with Gasteiger partial charge in [-0.05, 0) is 19.8 Å². The van der Waals surface area contributed by atoms with Crippen LogP contribution in [0.2, 0.25) is 0 Å². The normalized spacial score (nSPS) is 10.5. The van der Waals surface area contributed by atoms with Crippen LogP contribution in [0.1, 0.15) is 151 Å². The molecule has 0 aliphatic rings. The summed E-state index contributed by atoms with van der Waals surface area (Å²) in [6.45, 7) is 8.50. The fraction of sp³-hybridized carbons (Fsp3) is 1.00. The van der Waals surface area contributed by atoms with Crippen molar-refractivity contribution >= 4 is 10.4 Å². The molecule has 0 aromatic rings. The topological polar surface area (TPSA) is 104 Å². The average Bonchev–Trinajstić information content (AvgIpc) is 2.74. The predicted molar refractivity (Wildman–Crippen MR) is 143 cm³/mol. The van der Waals surface area contributed by atoms with Crippen LogP contribution in [0.3, 0.4) is 0 Å². The monoisotopic (exact) mass is 522 g/mol. The van der Waals surface area contributed by atoms with Gasteiger partial charge >= 0.3 is 40.0 Å². The van der Waals surface area contributed by atoms with Crippen molar-refractivity contribution in [3.8, 4) is 0 Å². The van der Waals surface area contributed by atoms with Gasteiger partial charge in [0, 0.05) is 19.8 Å². The molecule has 0 spiro atoms. The van der Waals surface area contributed by atoms with E-state index >= 15 is 0 Å². The Kier molecular flexibility index (Phi) is 47.2. The first-order valence-electron chi connectivity index (χ1n) is 13.7. The summed E-state index contributed by atoms with van der Waals surface area (Å²) in [5.74, 6) is 0. The van der Waals surface area contributed by atoms with Crippen molar-refractivity contribution in [2.45, 2.75) is 149 Å². The molecule has 0 saturated carbocycles. The van der Waals surface area contributed by atoms with Crippen LogP contribution < -0.4 is 29.6 Å². The number of rotatable bonds is 22. The van der Waals surface area contributed by atoms with Crippen molar-refractivity contribution in [2.24, 2.45) is 0 Å². The Labute approximate surface area is 236 Å². The maximum atomic E-state index is 8.74.